The minimum atomic E-state index is -3.58. The van der Waals surface area contributed by atoms with E-state index in [2.05, 4.69) is 16.1 Å². The molecule has 1 amide bonds. The van der Waals surface area contributed by atoms with Crippen LogP contribution in [-0.2, 0) is 27.8 Å². The quantitative estimate of drug-likeness (QED) is 0.567. The van der Waals surface area contributed by atoms with Crippen LogP contribution in [0, 0.1) is 13.8 Å². The number of nitrogens with one attached hydrogen (secondary N) is 2. The highest BCUT2D eigenvalue weighted by Crippen LogP contribution is 2.16. The molecule has 3 aromatic carbocycles. The average molecular weight is 423 g/mol. The second-order valence-corrected chi connectivity index (χ2v) is 9.15. The van der Waals surface area contributed by atoms with E-state index in [1.807, 2.05) is 56.3 Å². The molecule has 0 atom stereocenters. The van der Waals surface area contributed by atoms with Crippen LogP contribution < -0.4 is 10.0 Å². The van der Waals surface area contributed by atoms with Crippen LogP contribution in [0.25, 0.3) is 0 Å². The molecule has 0 unspecified atom stereocenters. The molecule has 3 aromatic rings. The Labute approximate surface area is 178 Å². The van der Waals surface area contributed by atoms with Crippen LogP contribution in [0.3, 0.4) is 0 Å². The van der Waals surface area contributed by atoms with Gasteiger partial charge in [-0.1, -0.05) is 48.5 Å². The summed E-state index contributed by atoms with van der Waals surface area (Å²) in [6, 6.07) is 21.9. The molecule has 0 aromatic heterocycles. The highest BCUT2D eigenvalue weighted by Gasteiger charge is 2.13. The molecule has 156 valence electrons. The van der Waals surface area contributed by atoms with Crippen molar-refractivity contribution in [2.24, 2.45) is 0 Å². The van der Waals surface area contributed by atoms with Crippen LogP contribution in [0.4, 0.5) is 5.69 Å². The van der Waals surface area contributed by atoms with Crippen molar-refractivity contribution < 1.29 is 13.2 Å². The number of amides is 1. The first kappa shape index (κ1) is 21.7. The number of benzene rings is 3. The van der Waals surface area contributed by atoms with Crippen molar-refractivity contribution in [1.29, 1.82) is 0 Å². The van der Waals surface area contributed by atoms with Gasteiger partial charge in [0.25, 0.3) is 0 Å². The lowest BCUT2D eigenvalue weighted by Gasteiger charge is -2.09. The SMILES string of the molecule is Cc1cc(C)cc(NC(=O)CCc2ccc(S(=O)(=O)NCc3ccccc3)cc2)c1. The highest BCUT2D eigenvalue weighted by molar-refractivity contribution is 7.89. The molecule has 3 rings (SSSR count). The van der Waals surface area contributed by atoms with Gasteiger partial charge < -0.3 is 5.32 Å². The van der Waals surface area contributed by atoms with Crippen LogP contribution in [-0.4, -0.2) is 14.3 Å². The van der Waals surface area contributed by atoms with Crippen LogP contribution in [0.2, 0.25) is 0 Å². The van der Waals surface area contributed by atoms with Gasteiger partial charge in [0.1, 0.15) is 0 Å². The highest BCUT2D eigenvalue weighted by atomic mass is 32.2. The molecule has 30 heavy (non-hydrogen) atoms. The number of carbonyl (C=O) groups excluding carboxylic acids is 1. The Bertz CT molecular complexity index is 1090. The summed E-state index contributed by atoms with van der Waals surface area (Å²) in [5, 5.41) is 2.92. The van der Waals surface area contributed by atoms with Gasteiger partial charge in [0, 0.05) is 18.7 Å². The third kappa shape index (κ3) is 6.27. The van der Waals surface area contributed by atoms with Crippen molar-refractivity contribution in [3.63, 3.8) is 0 Å². The second-order valence-electron chi connectivity index (χ2n) is 7.38. The molecule has 2 N–H and O–H groups in total. The molecular formula is C24H26N2O3S. The van der Waals surface area contributed by atoms with Crippen molar-refractivity contribution in [2.45, 2.75) is 38.1 Å². The van der Waals surface area contributed by atoms with Gasteiger partial charge in [0.05, 0.1) is 4.90 Å². The van der Waals surface area contributed by atoms with Crippen molar-refractivity contribution in [1.82, 2.24) is 4.72 Å². The minimum absolute atomic E-state index is 0.0683. The number of aryl methyl sites for hydroxylation is 3. The Kier molecular flexibility index (Phi) is 7.03. The van der Waals surface area contributed by atoms with Crippen molar-refractivity contribution >= 4 is 21.6 Å². The number of sulfonamides is 1. The molecule has 0 radical (unpaired) electrons. The first-order valence-corrected chi connectivity index (χ1v) is 11.3. The molecule has 0 saturated carbocycles. The van der Waals surface area contributed by atoms with E-state index in [9.17, 15) is 13.2 Å². The fourth-order valence-electron chi connectivity index (χ4n) is 3.22. The molecule has 0 aliphatic rings. The average Bonchev–Trinajstić information content (AvgIpc) is 2.71. The summed E-state index contributed by atoms with van der Waals surface area (Å²) in [4.78, 5) is 12.4. The van der Waals surface area contributed by atoms with Crippen molar-refractivity contribution in [2.75, 3.05) is 5.32 Å². The maximum absolute atomic E-state index is 12.5. The monoisotopic (exact) mass is 422 g/mol. The van der Waals surface area contributed by atoms with Gasteiger partial charge in [-0.25, -0.2) is 13.1 Å². The lowest BCUT2D eigenvalue weighted by molar-refractivity contribution is -0.116. The maximum atomic E-state index is 12.5. The van der Waals surface area contributed by atoms with E-state index in [-0.39, 0.29) is 17.3 Å². The third-order valence-corrected chi connectivity index (χ3v) is 6.11. The van der Waals surface area contributed by atoms with Gasteiger partial charge in [-0.3, -0.25) is 4.79 Å². The summed E-state index contributed by atoms with van der Waals surface area (Å²) in [6.45, 7) is 4.23. The van der Waals surface area contributed by atoms with E-state index in [1.54, 1.807) is 24.3 Å². The van der Waals surface area contributed by atoms with Gasteiger partial charge in [-0.2, -0.15) is 0 Å². The fraction of sp³-hybridized carbons (Fsp3) is 0.208. The Balaban J connectivity index is 1.54. The smallest absolute Gasteiger partial charge is 0.240 e. The van der Waals surface area contributed by atoms with Crippen LogP contribution in [0.1, 0.15) is 28.7 Å². The number of rotatable bonds is 8. The molecule has 0 bridgehead atoms. The molecule has 0 aliphatic carbocycles. The Morgan fingerprint density at radius 2 is 1.47 bits per heavy atom. The van der Waals surface area contributed by atoms with Crippen LogP contribution in [0.5, 0.6) is 0 Å². The Morgan fingerprint density at radius 1 is 0.833 bits per heavy atom. The number of hydrogen-bond donors (Lipinski definition) is 2. The molecule has 6 heteroatoms. The molecule has 5 nitrogen and oxygen atoms in total. The molecule has 0 heterocycles. The molecule has 0 spiro atoms. The molecular weight excluding hydrogens is 396 g/mol. The largest absolute Gasteiger partial charge is 0.326 e. The first-order valence-electron chi connectivity index (χ1n) is 9.82. The van der Waals surface area contributed by atoms with Crippen LogP contribution >= 0.6 is 0 Å². The lowest BCUT2D eigenvalue weighted by atomic mass is 10.1. The van der Waals surface area contributed by atoms with Gasteiger partial charge in [-0.15, -0.1) is 0 Å². The summed E-state index contributed by atoms with van der Waals surface area (Å²) in [6.07, 6.45) is 0.861. The van der Waals surface area contributed by atoms with Crippen LogP contribution in [0.15, 0.2) is 77.7 Å². The zero-order valence-corrected chi connectivity index (χ0v) is 18.0. The maximum Gasteiger partial charge on any atom is 0.240 e. The molecule has 0 saturated heterocycles. The lowest BCUT2D eigenvalue weighted by Crippen LogP contribution is -2.23. The standard InChI is InChI=1S/C24H26N2O3S/c1-18-14-19(2)16-22(15-18)26-24(27)13-10-20-8-11-23(12-9-20)30(28,29)25-17-21-6-4-3-5-7-21/h3-9,11-12,14-16,25H,10,13,17H2,1-2H3,(H,26,27). The first-order chi connectivity index (χ1) is 14.3. The minimum Gasteiger partial charge on any atom is -0.326 e. The number of anilines is 1. The number of carbonyl (C=O) groups is 1. The van der Waals surface area contributed by atoms with E-state index in [4.69, 9.17) is 0 Å². The zero-order chi connectivity index (χ0) is 21.6. The summed E-state index contributed by atoms with van der Waals surface area (Å²) >= 11 is 0. The van der Waals surface area contributed by atoms with E-state index in [0.29, 0.717) is 12.8 Å². The Hall–Kier alpha value is -2.96. The van der Waals surface area contributed by atoms with E-state index in [1.165, 1.54) is 0 Å². The molecule has 0 aliphatic heterocycles. The topological polar surface area (TPSA) is 75.3 Å². The predicted molar refractivity (Wildman–Crippen MR) is 120 cm³/mol. The summed E-state index contributed by atoms with van der Waals surface area (Å²) < 4.78 is 27.5. The normalized spacial score (nSPS) is 11.3. The van der Waals surface area contributed by atoms with Gasteiger partial charge >= 0.3 is 0 Å². The molecule has 0 fully saturated rings. The summed E-state index contributed by atoms with van der Waals surface area (Å²) in [5.41, 5.74) is 4.80. The van der Waals surface area contributed by atoms with Gasteiger partial charge in [-0.05, 0) is 66.8 Å². The fourth-order valence-corrected chi connectivity index (χ4v) is 4.24. The van der Waals surface area contributed by atoms with E-state index >= 15 is 0 Å². The Morgan fingerprint density at radius 3 is 2.10 bits per heavy atom. The van der Waals surface area contributed by atoms with E-state index < -0.39 is 10.0 Å². The second kappa shape index (κ2) is 9.69. The predicted octanol–water partition coefficient (Wildman–Crippen LogP) is 4.35. The van der Waals surface area contributed by atoms with Gasteiger partial charge in [0.2, 0.25) is 15.9 Å². The van der Waals surface area contributed by atoms with E-state index in [0.717, 1.165) is 27.9 Å². The van der Waals surface area contributed by atoms with Crippen molar-refractivity contribution in [3.8, 4) is 0 Å². The third-order valence-electron chi connectivity index (χ3n) is 4.69. The van der Waals surface area contributed by atoms with Crippen molar-refractivity contribution in [3.05, 3.63) is 95.1 Å². The zero-order valence-electron chi connectivity index (χ0n) is 17.2. The summed E-state index contributed by atoms with van der Waals surface area (Å²) in [7, 11) is -3.58. The summed E-state index contributed by atoms with van der Waals surface area (Å²) in [5.74, 6) is -0.0683. The van der Waals surface area contributed by atoms with Gasteiger partial charge in [0.15, 0.2) is 0 Å². The number of hydrogen-bond acceptors (Lipinski definition) is 3.